The lowest BCUT2D eigenvalue weighted by molar-refractivity contribution is 0.323. The molecule has 0 atom stereocenters. The Morgan fingerprint density at radius 3 is 2.00 bits per heavy atom. The highest BCUT2D eigenvalue weighted by Crippen LogP contribution is 2.38. The van der Waals surface area contributed by atoms with Crippen LogP contribution in [0.25, 0.3) is 0 Å². The van der Waals surface area contributed by atoms with Gasteiger partial charge in [-0.05, 0) is 48.2 Å². The largest absolute Gasteiger partial charge is 0.493 e. The second kappa shape index (κ2) is 13.8. The summed E-state index contributed by atoms with van der Waals surface area (Å²) >= 11 is 0. The molecular weight excluding hydrogens is 507 g/mol. The molecule has 0 bridgehead atoms. The number of aliphatic imine (C=N–C) groups is 1. The molecular formula is C23H35IN4O3. The molecule has 0 aliphatic carbocycles. The topological polar surface area (TPSA) is 67.4 Å². The van der Waals surface area contributed by atoms with Gasteiger partial charge in [-0.2, -0.15) is 0 Å². The van der Waals surface area contributed by atoms with Crippen LogP contribution in [0.3, 0.4) is 0 Å². The van der Waals surface area contributed by atoms with Crippen molar-refractivity contribution in [2.75, 3.05) is 53.9 Å². The van der Waals surface area contributed by atoms with Gasteiger partial charge < -0.3 is 29.7 Å². The van der Waals surface area contributed by atoms with Crippen molar-refractivity contribution in [3.63, 3.8) is 0 Å². The summed E-state index contributed by atoms with van der Waals surface area (Å²) in [6, 6.07) is 12.5. The number of ether oxygens (including phenoxy) is 3. The van der Waals surface area contributed by atoms with E-state index in [4.69, 9.17) is 14.2 Å². The minimum Gasteiger partial charge on any atom is -0.493 e. The van der Waals surface area contributed by atoms with Gasteiger partial charge in [0.05, 0.1) is 21.3 Å². The zero-order valence-electron chi connectivity index (χ0n) is 19.3. The molecule has 0 radical (unpaired) electrons. The molecule has 7 nitrogen and oxygen atoms in total. The van der Waals surface area contributed by atoms with Crippen LogP contribution in [0.5, 0.6) is 17.2 Å². The maximum atomic E-state index is 5.41. The number of halogens is 1. The molecule has 0 aromatic heterocycles. The van der Waals surface area contributed by atoms with Gasteiger partial charge in [0.2, 0.25) is 5.75 Å². The average Bonchev–Trinajstić information content (AvgIpc) is 2.77. The Hall–Kier alpha value is -2.36. The van der Waals surface area contributed by atoms with Crippen LogP contribution in [-0.4, -0.2) is 55.0 Å². The Labute approximate surface area is 203 Å². The van der Waals surface area contributed by atoms with Gasteiger partial charge in [0.15, 0.2) is 17.5 Å². The number of guanidine groups is 1. The van der Waals surface area contributed by atoms with Crippen molar-refractivity contribution in [3.8, 4) is 17.2 Å². The van der Waals surface area contributed by atoms with E-state index in [1.165, 1.54) is 11.3 Å². The molecule has 0 spiro atoms. The number of nitrogens with zero attached hydrogens (tertiary/aromatic N) is 2. The summed E-state index contributed by atoms with van der Waals surface area (Å²) < 4.78 is 16.2. The van der Waals surface area contributed by atoms with Crippen molar-refractivity contribution in [1.82, 2.24) is 10.6 Å². The summed E-state index contributed by atoms with van der Waals surface area (Å²) in [6.07, 6.45) is 2.04. The van der Waals surface area contributed by atoms with Crippen LogP contribution in [0, 0.1) is 0 Å². The van der Waals surface area contributed by atoms with Crippen molar-refractivity contribution in [2.24, 2.45) is 4.99 Å². The SMILES string of the molecule is CN=C(NCCCc1ccc(N(C)C)cc1)NCc1cc(OC)c(OC)c(OC)c1.I. The predicted octanol–water partition coefficient (Wildman–Crippen LogP) is 3.69. The molecule has 0 aliphatic rings. The number of methoxy groups -OCH3 is 3. The van der Waals surface area contributed by atoms with Gasteiger partial charge in [-0.25, -0.2) is 0 Å². The Morgan fingerprint density at radius 1 is 0.903 bits per heavy atom. The van der Waals surface area contributed by atoms with E-state index in [0.717, 1.165) is 30.9 Å². The van der Waals surface area contributed by atoms with Crippen LogP contribution in [-0.2, 0) is 13.0 Å². The highest BCUT2D eigenvalue weighted by molar-refractivity contribution is 14.0. The number of nitrogens with one attached hydrogen (secondary N) is 2. The molecule has 2 N–H and O–H groups in total. The van der Waals surface area contributed by atoms with E-state index in [9.17, 15) is 0 Å². The number of aryl methyl sites for hydroxylation is 1. The smallest absolute Gasteiger partial charge is 0.203 e. The fourth-order valence-corrected chi connectivity index (χ4v) is 3.10. The zero-order valence-corrected chi connectivity index (χ0v) is 21.7. The molecule has 0 saturated heterocycles. The van der Waals surface area contributed by atoms with E-state index in [0.29, 0.717) is 23.8 Å². The van der Waals surface area contributed by atoms with Gasteiger partial charge >= 0.3 is 0 Å². The minimum atomic E-state index is 0. The molecule has 31 heavy (non-hydrogen) atoms. The van der Waals surface area contributed by atoms with Crippen molar-refractivity contribution >= 4 is 35.6 Å². The molecule has 2 aromatic carbocycles. The number of hydrogen-bond donors (Lipinski definition) is 2. The maximum absolute atomic E-state index is 5.41. The van der Waals surface area contributed by atoms with Crippen LogP contribution in [0.4, 0.5) is 5.69 Å². The first kappa shape index (κ1) is 26.7. The third-order valence-corrected chi connectivity index (χ3v) is 4.80. The van der Waals surface area contributed by atoms with Crippen molar-refractivity contribution < 1.29 is 14.2 Å². The first-order chi connectivity index (χ1) is 14.5. The normalized spacial score (nSPS) is 10.7. The molecule has 0 unspecified atom stereocenters. The van der Waals surface area contributed by atoms with Crippen LogP contribution in [0.2, 0.25) is 0 Å². The molecule has 0 saturated carbocycles. The molecule has 172 valence electrons. The van der Waals surface area contributed by atoms with Gasteiger partial charge in [0.1, 0.15) is 0 Å². The predicted molar refractivity (Wildman–Crippen MR) is 139 cm³/mol. The Morgan fingerprint density at radius 2 is 1.52 bits per heavy atom. The highest BCUT2D eigenvalue weighted by atomic mass is 127. The second-order valence-electron chi connectivity index (χ2n) is 7.05. The monoisotopic (exact) mass is 542 g/mol. The van der Waals surface area contributed by atoms with Crippen molar-refractivity contribution in [1.29, 1.82) is 0 Å². The van der Waals surface area contributed by atoms with E-state index < -0.39 is 0 Å². The van der Waals surface area contributed by atoms with Crippen molar-refractivity contribution in [2.45, 2.75) is 19.4 Å². The molecule has 0 aliphatic heterocycles. The van der Waals surface area contributed by atoms with Crippen LogP contribution in [0.1, 0.15) is 17.5 Å². The van der Waals surface area contributed by atoms with Gasteiger partial charge in [-0.15, -0.1) is 24.0 Å². The first-order valence-corrected chi connectivity index (χ1v) is 10.0. The van der Waals surface area contributed by atoms with Crippen LogP contribution in [0.15, 0.2) is 41.4 Å². The molecule has 0 fully saturated rings. The van der Waals surface area contributed by atoms with Crippen LogP contribution >= 0.6 is 24.0 Å². The molecule has 0 amide bonds. The summed E-state index contributed by atoms with van der Waals surface area (Å²) in [4.78, 5) is 6.41. The first-order valence-electron chi connectivity index (χ1n) is 10.0. The summed E-state index contributed by atoms with van der Waals surface area (Å²) in [5.74, 6) is 2.62. The number of anilines is 1. The van der Waals surface area contributed by atoms with E-state index >= 15 is 0 Å². The van der Waals surface area contributed by atoms with Gasteiger partial charge in [0, 0.05) is 39.9 Å². The van der Waals surface area contributed by atoms with Crippen molar-refractivity contribution in [3.05, 3.63) is 47.5 Å². The Balaban J connectivity index is 0.00000480. The lowest BCUT2D eigenvalue weighted by Crippen LogP contribution is -2.37. The molecule has 8 heteroatoms. The minimum absolute atomic E-state index is 0. The summed E-state index contributed by atoms with van der Waals surface area (Å²) in [6.45, 7) is 1.42. The summed E-state index contributed by atoms with van der Waals surface area (Å²) in [5, 5.41) is 6.69. The van der Waals surface area contributed by atoms with E-state index in [-0.39, 0.29) is 24.0 Å². The summed E-state index contributed by atoms with van der Waals surface area (Å²) in [5.41, 5.74) is 3.56. The van der Waals surface area contributed by atoms with E-state index in [1.807, 2.05) is 12.1 Å². The second-order valence-corrected chi connectivity index (χ2v) is 7.05. The van der Waals surface area contributed by atoms with Gasteiger partial charge in [-0.1, -0.05) is 12.1 Å². The maximum Gasteiger partial charge on any atom is 0.203 e. The number of hydrogen-bond acceptors (Lipinski definition) is 5. The third-order valence-electron chi connectivity index (χ3n) is 4.80. The fraction of sp³-hybridized carbons (Fsp3) is 0.435. The zero-order chi connectivity index (χ0) is 21.9. The van der Waals surface area contributed by atoms with E-state index in [2.05, 4.69) is 58.9 Å². The molecule has 2 rings (SSSR count). The van der Waals surface area contributed by atoms with E-state index in [1.54, 1.807) is 28.4 Å². The standard InChI is InChI=1S/C23H34N4O3.HI/c1-24-23(25-13-7-8-17-9-11-19(12-10-17)27(2)3)26-16-18-14-20(28-4)22(30-6)21(15-18)29-5;/h9-12,14-15H,7-8,13,16H2,1-6H3,(H2,24,25,26);1H. The Kier molecular flexibility index (Phi) is 11.9. The highest BCUT2D eigenvalue weighted by Gasteiger charge is 2.13. The number of benzene rings is 2. The third kappa shape index (κ3) is 8.01. The van der Waals surface area contributed by atoms with Crippen LogP contribution < -0.4 is 29.7 Å². The molecule has 0 heterocycles. The number of rotatable bonds is 10. The Bertz CT molecular complexity index is 801. The lowest BCUT2D eigenvalue weighted by atomic mass is 10.1. The van der Waals surface area contributed by atoms with Gasteiger partial charge in [0.25, 0.3) is 0 Å². The van der Waals surface area contributed by atoms with Gasteiger partial charge in [-0.3, -0.25) is 4.99 Å². The average molecular weight is 542 g/mol. The fourth-order valence-electron chi connectivity index (χ4n) is 3.10. The quantitative estimate of drug-likeness (QED) is 0.207. The molecule has 2 aromatic rings. The lowest BCUT2D eigenvalue weighted by Gasteiger charge is -2.16. The summed E-state index contributed by atoms with van der Waals surface area (Å²) in [7, 11) is 10.7.